The SMILES string of the molecule is O=C(CCc1ncc(-c2ccccc2F)o1)Nc1ccc2c(c1)OCO2. The van der Waals surface area contributed by atoms with Crippen LogP contribution in [-0.2, 0) is 11.2 Å². The molecule has 0 saturated carbocycles. The predicted octanol–water partition coefficient (Wildman–Crippen LogP) is 3.78. The lowest BCUT2D eigenvalue weighted by Crippen LogP contribution is -2.12. The molecule has 1 N–H and O–H groups in total. The number of hydrogen-bond acceptors (Lipinski definition) is 5. The number of oxazole rings is 1. The number of aryl methyl sites for hydroxylation is 1. The van der Waals surface area contributed by atoms with Gasteiger partial charge in [0.25, 0.3) is 0 Å². The fraction of sp³-hybridized carbons (Fsp3) is 0.158. The number of nitrogens with zero attached hydrogens (tertiary/aromatic N) is 1. The molecule has 4 rings (SSSR count). The van der Waals surface area contributed by atoms with Gasteiger partial charge in [-0.3, -0.25) is 4.79 Å². The number of ether oxygens (including phenoxy) is 2. The van der Waals surface area contributed by atoms with Crippen molar-refractivity contribution in [3.05, 3.63) is 60.4 Å². The zero-order valence-corrected chi connectivity index (χ0v) is 13.7. The van der Waals surface area contributed by atoms with E-state index in [2.05, 4.69) is 10.3 Å². The van der Waals surface area contributed by atoms with Crippen molar-refractivity contribution in [1.82, 2.24) is 4.98 Å². The zero-order valence-electron chi connectivity index (χ0n) is 13.7. The Morgan fingerprint density at radius 1 is 1.15 bits per heavy atom. The van der Waals surface area contributed by atoms with E-state index < -0.39 is 0 Å². The van der Waals surface area contributed by atoms with Crippen molar-refractivity contribution in [2.75, 3.05) is 12.1 Å². The molecule has 2 heterocycles. The van der Waals surface area contributed by atoms with Crippen LogP contribution in [0.1, 0.15) is 12.3 Å². The minimum Gasteiger partial charge on any atom is -0.454 e. The molecule has 0 unspecified atom stereocenters. The summed E-state index contributed by atoms with van der Waals surface area (Å²) < 4.78 is 29.8. The monoisotopic (exact) mass is 354 g/mol. The first kappa shape index (κ1) is 16.1. The summed E-state index contributed by atoms with van der Waals surface area (Å²) in [5, 5.41) is 2.79. The van der Waals surface area contributed by atoms with Crippen LogP contribution >= 0.6 is 0 Å². The number of halogens is 1. The Balaban J connectivity index is 1.36. The first-order valence-electron chi connectivity index (χ1n) is 8.08. The van der Waals surface area contributed by atoms with Gasteiger partial charge in [-0.15, -0.1) is 0 Å². The van der Waals surface area contributed by atoms with Gasteiger partial charge in [0, 0.05) is 24.6 Å². The number of carbonyl (C=O) groups is 1. The molecule has 0 radical (unpaired) electrons. The second-order valence-electron chi connectivity index (χ2n) is 5.71. The molecule has 0 fully saturated rings. The van der Waals surface area contributed by atoms with Crippen LogP contribution < -0.4 is 14.8 Å². The number of nitrogens with one attached hydrogen (secondary N) is 1. The largest absolute Gasteiger partial charge is 0.454 e. The van der Waals surface area contributed by atoms with E-state index in [-0.39, 0.29) is 24.9 Å². The maximum Gasteiger partial charge on any atom is 0.231 e. The summed E-state index contributed by atoms with van der Waals surface area (Å²) in [7, 11) is 0. The summed E-state index contributed by atoms with van der Waals surface area (Å²) in [5.41, 5.74) is 0.967. The number of fused-ring (bicyclic) bond motifs is 1. The zero-order chi connectivity index (χ0) is 17.9. The number of hydrogen-bond donors (Lipinski definition) is 1. The molecule has 1 aromatic heterocycles. The van der Waals surface area contributed by atoms with Gasteiger partial charge in [-0.25, -0.2) is 9.37 Å². The van der Waals surface area contributed by atoms with Gasteiger partial charge in [-0.1, -0.05) is 12.1 Å². The molecule has 1 aliphatic rings. The molecule has 0 bridgehead atoms. The maximum atomic E-state index is 13.8. The Hall–Kier alpha value is -3.35. The van der Waals surface area contributed by atoms with Crippen molar-refractivity contribution >= 4 is 11.6 Å². The smallest absolute Gasteiger partial charge is 0.231 e. The molecule has 26 heavy (non-hydrogen) atoms. The lowest BCUT2D eigenvalue weighted by Gasteiger charge is -2.05. The van der Waals surface area contributed by atoms with Gasteiger partial charge in [0.15, 0.2) is 23.1 Å². The van der Waals surface area contributed by atoms with Crippen LogP contribution in [0.25, 0.3) is 11.3 Å². The van der Waals surface area contributed by atoms with E-state index in [1.165, 1.54) is 12.3 Å². The van der Waals surface area contributed by atoms with Crippen molar-refractivity contribution in [3.8, 4) is 22.8 Å². The van der Waals surface area contributed by atoms with Crippen LogP contribution in [0.5, 0.6) is 11.5 Å². The third kappa shape index (κ3) is 3.37. The van der Waals surface area contributed by atoms with E-state index in [0.717, 1.165) is 0 Å². The van der Waals surface area contributed by atoms with Crippen molar-refractivity contribution < 1.29 is 23.1 Å². The number of carbonyl (C=O) groups excluding carboxylic acids is 1. The van der Waals surface area contributed by atoms with Gasteiger partial charge in [0.2, 0.25) is 12.7 Å². The van der Waals surface area contributed by atoms with Gasteiger partial charge in [0.1, 0.15) is 5.82 Å². The predicted molar refractivity (Wildman–Crippen MR) is 91.4 cm³/mol. The number of amides is 1. The average molecular weight is 354 g/mol. The highest BCUT2D eigenvalue weighted by atomic mass is 19.1. The molecule has 3 aromatic rings. The molecule has 1 aliphatic heterocycles. The standard InChI is InChI=1S/C19H15FN2O4/c20-14-4-2-1-3-13(14)17-10-21-19(26-17)8-7-18(23)22-12-5-6-15-16(9-12)25-11-24-15/h1-6,9-10H,7-8,11H2,(H,22,23). The van der Waals surface area contributed by atoms with Crippen molar-refractivity contribution in [1.29, 1.82) is 0 Å². The number of benzene rings is 2. The summed E-state index contributed by atoms with van der Waals surface area (Å²) in [6, 6.07) is 11.5. The number of aromatic nitrogens is 1. The molecule has 7 heteroatoms. The minimum absolute atomic E-state index is 0.182. The van der Waals surface area contributed by atoms with Crippen LogP contribution in [0.2, 0.25) is 0 Å². The summed E-state index contributed by atoms with van der Waals surface area (Å²) in [4.78, 5) is 16.2. The summed E-state index contributed by atoms with van der Waals surface area (Å²) in [5.74, 6) is 1.41. The molecule has 0 spiro atoms. The third-order valence-corrected chi connectivity index (χ3v) is 3.92. The van der Waals surface area contributed by atoms with Crippen LogP contribution in [-0.4, -0.2) is 17.7 Å². The van der Waals surface area contributed by atoms with Crippen LogP contribution in [0, 0.1) is 5.82 Å². The fourth-order valence-electron chi connectivity index (χ4n) is 2.63. The summed E-state index contributed by atoms with van der Waals surface area (Å²) >= 11 is 0. The maximum absolute atomic E-state index is 13.8. The summed E-state index contributed by atoms with van der Waals surface area (Å²) in [6.07, 6.45) is 1.96. The highest BCUT2D eigenvalue weighted by molar-refractivity contribution is 5.91. The van der Waals surface area contributed by atoms with Crippen LogP contribution in [0.15, 0.2) is 53.1 Å². The van der Waals surface area contributed by atoms with Crippen LogP contribution in [0.4, 0.5) is 10.1 Å². The molecular formula is C19H15FN2O4. The first-order valence-corrected chi connectivity index (χ1v) is 8.08. The Morgan fingerprint density at radius 2 is 2.00 bits per heavy atom. The number of anilines is 1. The van der Waals surface area contributed by atoms with Gasteiger partial charge in [-0.05, 0) is 24.3 Å². The molecular weight excluding hydrogens is 339 g/mol. The first-order chi connectivity index (χ1) is 12.7. The highest BCUT2D eigenvalue weighted by Gasteiger charge is 2.15. The van der Waals surface area contributed by atoms with Gasteiger partial charge < -0.3 is 19.2 Å². The van der Waals surface area contributed by atoms with Crippen molar-refractivity contribution in [3.63, 3.8) is 0 Å². The van der Waals surface area contributed by atoms with E-state index in [1.807, 2.05) is 0 Å². The van der Waals surface area contributed by atoms with Gasteiger partial charge >= 0.3 is 0 Å². The minimum atomic E-state index is -0.379. The van der Waals surface area contributed by atoms with E-state index in [9.17, 15) is 9.18 Å². The Kier molecular flexibility index (Phi) is 4.27. The highest BCUT2D eigenvalue weighted by Crippen LogP contribution is 2.34. The van der Waals surface area contributed by atoms with Gasteiger partial charge in [-0.2, -0.15) is 0 Å². The van der Waals surface area contributed by atoms with Crippen molar-refractivity contribution in [2.45, 2.75) is 12.8 Å². The van der Waals surface area contributed by atoms with E-state index >= 15 is 0 Å². The molecule has 0 aliphatic carbocycles. The van der Waals surface area contributed by atoms with E-state index in [1.54, 1.807) is 36.4 Å². The Bertz CT molecular complexity index is 954. The van der Waals surface area contributed by atoms with Gasteiger partial charge in [0.05, 0.1) is 11.8 Å². The summed E-state index contributed by atoms with van der Waals surface area (Å²) in [6.45, 7) is 0.182. The molecule has 6 nitrogen and oxygen atoms in total. The third-order valence-electron chi connectivity index (χ3n) is 3.92. The molecule has 132 valence electrons. The second kappa shape index (κ2) is 6.87. The fourth-order valence-corrected chi connectivity index (χ4v) is 2.63. The quantitative estimate of drug-likeness (QED) is 0.755. The van der Waals surface area contributed by atoms with E-state index in [4.69, 9.17) is 13.9 Å². The molecule has 1 amide bonds. The molecule has 0 atom stereocenters. The Morgan fingerprint density at radius 3 is 2.88 bits per heavy atom. The molecule has 0 saturated heterocycles. The number of rotatable bonds is 5. The Labute approximate surface area is 148 Å². The lowest BCUT2D eigenvalue weighted by molar-refractivity contribution is -0.116. The molecule has 2 aromatic carbocycles. The lowest BCUT2D eigenvalue weighted by atomic mass is 10.2. The topological polar surface area (TPSA) is 73.6 Å². The average Bonchev–Trinajstić information content (AvgIpc) is 3.29. The second-order valence-corrected chi connectivity index (χ2v) is 5.71. The van der Waals surface area contributed by atoms with Crippen molar-refractivity contribution in [2.24, 2.45) is 0 Å². The normalized spacial score (nSPS) is 12.2. The van der Waals surface area contributed by atoms with E-state index in [0.29, 0.717) is 40.8 Å². The van der Waals surface area contributed by atoms with Crippen LogP contribution in [0.3, 0.4) is 0 Å².